The van der Waals surface area contributed by atoms with Crippen molar-refractivity contribution in [1.82, 2.24) is 15.1 Å². The first-order valence-corrected chi connectivity index (χ1v) is 12.2. The number of nitrogens with one attached hydrogen (secondary N) is 1. The highest BCUT2D eigenvalue weighted by Gasteiger charge is 2.43. The Morgan fingerprint density at radius 2 is 1.54 bits per heavy atom. The van der Waals surface area contributed by atoms with Gasteiger partial charge in [0.25, 0.3) is 11.8 Å². The van der Waals surface area contributed by atoms with Crippen LogP contribution < -0.4 is 5.32 Å². The summed E-state index contributed by atoms with van der Waals surface area (Å²) in [5.41, 5.74) is 1.44. The minimum absolute atomic E-state index is 0.118. The molecule has 4 amide bonds. The molecule has 1 spiro atoms. The summed E-state index contributed by atoms with van der Waals surface area (Å²) in [5.74, 6) is -1.12. The molecule has 2 aromatic rings. The molecule has 2 aromatic carbocycles. The second-order valence-corrected chi connectivity index (χ2v) is 9.55. The molecule has 0 aliphatic carbocycles. The van der Waals surface area contributed by atoms with E-state index in [9.17, 15) is 19.2 Å². The van der Waals surface area contributed by atoms with E-state index in [1.807, 2.05) is 35.2 Å². The zero-order valence-corrected chi connectivity index (χ0v) is 19.6. The van der Waals surface area contributed by atoms with Crippen LogP contribution in [0.5, 0.6) is 0 Å². The van der Waals surface area contributed by atoms with Gasteiger partial charge in [-0.3, -0.25) is 24.1 Å². The summed E-state index contributed by atoms with van der Waals surface area (Å²) < 4.78 is 6.35. The molecule has 0 radical (unpaired) electrons. The monoisotopic (exact) mass is 475 g/mol. The van der Waals surface area contributed by atoms with Gasteiger partial charge in [0.05, 0.1) is 29.3 Å². The summed E-state index contributed by atoms with van der Waals surface area (Å²) in [6.07, 6.45) is 3.58. The number of hydrogen-bond donors (Lipinski definition) is 1. The number of carbonyl (C=O) groups excluding carboxylic acids is 4. The number of fused-ring (bicyclic) bond motifs is 1. The number of imide groups is 1. The average Bonchev–Trinajstić information content (AvgIpc) is 3.38. The molecular formula is C27H29N3O5. The van der Waals surface area contributed by atoms with E-state index in [1.165, 1.54) is 0 Å². The molecule has 1 atom stereocenters. The van der Waals surface area contributed by atoms with Gasteiger partial charge in [0, 0.05) is 19.6 Å². The Morgan fingerprint density at radius 3 is 2.20 bits per heavy atom. The predicted octanol–water partition coefficient (Wildman–Crippen LogP) is 2.18. The Labute approximate surface area is 204 Å². The van der Waals surface area contributed by atoms with Crippen LogP contribution in [-0.2, 0) is 20.7 Å². The highest BCUT2D eigenvalue weighted by Crippen LogP contribution is 2.38. The Hall–Kier alpha value is -3.52. The number of ether oxygens (including phenoxy) is 1. The largest absolute Gasteiger partial charge is 0.370 e. The maximum Gasteiger partial charge on any atom is 0.262 e. The maximum absolute atomic E-state index is 12.7. The zero-order chi connectivity index (χ0) is 24.4. The van der Waals surface area contributed by atoms with Crippen LogP contribution in [0.2, 0.25) is 0 Å². The fraction of sp³-hybridized carbons (Fsp3) is 0.407. The molecule has 182 valence electrons. The molecule has 8 nitrogen and oxygen atoms in total. The molecule has 2 fully saturated rings. The van der Waals surface area contributed by atoms with Gasteiger partial charge in [-0.25, -0.2) is 0 Å². The van der Waals surface area contributed by atoms with Crippen LogP contribution in [0.4, 0.5) is 0 Å². The lowest BCUT2D eigenvalue weighted by Crippen LogP contribution is -2.48. The Balaban J connectivity index is 1.06. The van der Waals surface area contributed by atoms with Gasteiger partial charge >= 0.3 is 0 Å². The van der Waals surface area contributed by atoms with Crippen molar-refractivity contribution in [3.63, 3.8) is 0 Å². The molecule has 0 saturated carbocycles. The van der Waals surface area contributed by atoms with Crippen LogP contribution >= 0.6 is 0 Å². The summed E-state index contributed by atoms with van der Waals surface area (Å²) in [6, 6.07) is 16.4. The predicted molar refractivity (Wildman–Crippen MR) is 128 cm³/mol. The van der Waals surface area contributed by atoms with Gasteiger partial charge in [-0.1, -0.05) is 42.5 Å². The second kappa shape index (κ2) is 9.62. The fourth-order valence-electron chi connectivity index (χ4n) is 5.26. The molecule has 0 aromatic heterocycles. The number of piperidine rings is 1. The van der Waals surface area contributed by atoms with Crippen LogP contribution in [0.25, 0.3) is 0 Å². The lowest BCUT2D eigenvalue weighted by atomic mass is 9.88. The minimum Gasteiger partial charge on any atom is -0.370 e. The standard InChI is InChI=1S/C27H29N3O5/c31-23(18-30-25(33)21-8-4-5-9-22(21)26(30)34)28-17-20-10-11-27(35-20)12-14-29(15-13-27)24(32)16-19-6-2-1-3-7-19/h1-9,20H,10-18H2,(H,28,31). The first-order valence-electron chi connectivity index (χ1n) is 12.2. The van der Waals surface area contributed by atoms with Crippen molar-refractivity contribution in [3.8, 4) is 0 Å². The summed E-state index contributed by atoms with van der Waals surface area (Å²) in [7, 11) is 0. The molecule has 1 N–H and O–H groups in total. The van der Waals surface area contributed by atoms with Crippen LogP contribution in [-0.4, -0.2) is 71.3 Å². The number of amides is 4. The molecule has 2 saturated heterocycles. The molecule has 0 bridgehead atoms. The van der Waals surface area contributed by atoms with Gasteiger partial charge in [0.2, 0.25) is 11.8 Å². The van der Waals surface area contributed by atoms with E-state index in [1.54, 1.807) is 24.3 Å². The third-order valence-corrected chi connectivity index (χ3v) is 7.27. The number of rotatable bonds is 6. The highest BCUT2D eigenvalue weighted by molar-refractivity contribution is 6.22. The molecule has 5 rings (SSSR count). The van der Waals surface area contributed by atoms with E-state index >= 15 is 0 Å². The van der Waals surface area contributed by atoms with Crippen molar-refractivity contribution in [2.24, 2.45) is 0 Å². The van der Waals surface area contributed by atoms with Crippen molar-refractivity contribution < 1.29 is 23.9 Å². The van der Waals surface area contributed by atoms with Crippen LogP contribution in [0.15, 0.2) is 54.6 Å². The van der Waals surface area contributed by atoms with Crippen LogP contribution in [0.1, 0.15) is 52.0 Å². The van der Waals surface area contributed by atoms with Gasteiger partial charge in [-0.2, -0.15) is 0 Å². The van der Waals surface area contributed by atoms with E-state index in [0.717, 1.165) is 36.1 Å². The lowest BCUT2D eigenvalue weighted by molar-refractivity contribution is -0.137. The Morgan fingerprint density at radius 1 is 0.914 bits per heavy atom. The van der Waals surface area contributed by atoms with E-state index in [4.69, 9.17) is 4.74 Å². The van der Waals surface area contributed by atoms with Gasteiger partial charge in [0.1, 0.15) is 6.54 Å². The van der Waals surface area contributed by atoms with Gasteiger partial charge < -0.3 is 15.0 Å². The normalized spacial score (nSPS) is 20.9. The number of nitrogens with zero attached hydrogens (tertiary/aromatic N) is 2. The minimum atomic E-state index is -0.439. The van der Waals surface area contributed by atoms with E-state index in [-0.39, 0.29) is 30.1 Å². The average molecular weight is 476 g/mol. The molecule has 35 heavy (non-hydrogen) atoms. The topological polar surface area (TPSA) is 96.0 Å². The van der Waals surface area contributed by atoms with Gasteiger partial charge in [-0.05, 0) is 43.4 Å². The summed E-state index contributed by atoms with van der Waals surface area (Å²) in [4.78, 5) is 52.9. The van der Waals surface area contributed by atoms with E-state index in [0.29, 0.717) is 37.2 Å². The van der Waals surface area contributed by atoms with Crippen LogP contribution in [0, 0.1) is 0 Å². The summed E-state index contributed by atoms with van der Waals surface area (Å²) >= 11 is 0. The molecule has 3 aliphatic heterocycles. The van der Waals surface area contributed by atoms with Crippen molar-refractivity contribution in [1.29, 1.82) is 0 Å². The highest BCUT2D eigenvalue weighted by atomic mass is 16.5. The first-order chi connectivity index (χ1) is 16.9. The quantitative estimate of drug-likeness (QED) is 0.646. The van der Waals surface area contributed by atoms with Crippen molar-refractivity contribution in [2.45, 2.75) is 43.8 Å². The number of likely N-dealkylation sites (tertiary alicyclic amines) is 1. The Bertz CT molecular complexity index is 1110. The maximum atomic E-state index is 12.7. The Kier molecular flexibility index (Phi) is 6.38. The number of carbonyl (C=O) groups is 4. The first kappa shape index (κ1) is 23.2. The molecule has 3 heterocycles. The molecule has 8 heteroatoms. The number of benzene rings is 2. The van der Waals surface area contributed by atoms with Gasteiger partial charge in [-0.15, -0.1) is 0 Å². The molecule has 3 aliphatic rings. The smallest absolute Gasteiger partial charge is 0.262 e. The fourth-order valence-corrected chi connectivity index (χ4v) is 5.26. The SMILES string of the molecule is O=C(CN1C(=O)c2ccccc2C1=O)NCC1CCC2(CCN(C(=O)Cc3ccccc3)CC2)O1. The third-order valence-electron chi connectivity index (χ3n) is 7.27. The lowest BCUT2D eigenvalue weighted by Gasteiger charge is -2.39. The van der Waals surface area contributed by atoms with Crippen molar-refractivity contribution in [2.75, 3.05) is 26.2 Å². The zero-order valence-electron chi connectivity index (χ0n) is 19.6. The number of hydrogen-bond acceptors (Lipinski definition) is 5. The van der Waals surface area contributed by atoms with Crippen molar-refractivity contribution in [3.05, 3.63) is 71.3 Å². The van der Waals surface area contributed by atoms with Crippen molar-refractivity contribution >= 4 is 23.6 Å². The third kappa shape index (κ3) is 4.84. The summed E-state index contributed by atoms with van der Waals surface area (Å²) in [5, 5.41) is 2.82. The van der Waals surface area contributed by atoms with Gasteiger partial charge in [0.15, 0.2) is 0 Å². The molecule has 1 unspecified atom stereocenters. The second-order valence-electron chi connectivity index (χ2n) is 9.55. The van der Waals surface area contributed by atoms with E-state index in [2.05, 4.69) is 5.32 Å². The van der Waals surface area contributed by atoms with Crippen LogP contribution in [0.3, 0.4) is 0 Å². The summed E-state index contributed by atoms with van der Waals surface area (Å²) in [6.45, 7) is 1.37. The molecular weight excluding hydrogens is 446 g/mol. The van der Waals surface area contributed by atoms with E-state index < -0.39 is 11.8 Å².